The number of allylic oxidation sites excluding steroid dienone is 3. The minimum absolute atomic E-state index is 0.0979. The number of carboxylic acid groups (broad SMARTS) is 1. The van der Waals surface area contributed by atoms with Gasteiger partial charge in [0.05, 0.1) is 18.1 Å². The second-order valence-electron chi connectivity index (χ2n) is 5.16. The Labute approximate surface area is 134 Å². The van der Waals surface area contributed by atoms with Crippen molar-refractivity contribution in [2.24, 2.45) is 0 Å². The smallest absolute Gasteiger partial charge is 0.326 e. The summed E-state index contributed by atoms with van der Waals surface area (Å²) in [5.74, 6) is -1.14. The highest BCUT2D eigenvalue weighted by molar-refractivity contribution is 7.73. The fraction of sp³-hybridized carbons (Fsp3) is 0.500. The zero-order chi connectivity index (χ0) is 16.8. The van der Waals surface area contributed by atoms with Gasteiger partial charge in [-0.25, -0.2) is 9.59 Å². The standard InChI is InChI=1S/C14H18N2O6S/c17-13(18)12(15-14(19)16-5-7-22-8-6-16)9-10-1-3-11(4-2-10)23(20)21/h1-3,12H,4-9H2,(H,15,19)(H,17,18)/t12-/m0/s1. The molecule has 0 aromatic carbocycles. The van der Waals surface area contributed by atoms with E-state index in [1.807, 2.05) is 0 Å². The third kappa shape index (κ3) is 4.93. The molecule has 0 aromatic rings. The van der Waals surface area contributed by atoms with Gasteiger partial charge in [-0.2, -0.15) is 8.42 Å². The van der Waals surface area contributed by atoms with Crippen LogP contribution in [0.5, 0.6) is 0 Å². The average Bonchev–Trinajstić information content (AvgIpc) is 2.55. The molecule has 1 aliphatic carbocycles. The molecule has 1 saturated heterocycles. The van der Waals surface area contributed by atoms with E-state index in [1.165, 1.54) is 11.0 Å². The van der Waals surface area contributed by atoms with Crippen LogP contribution in [0, 0.1) is 0 Å². The number of ether oxygens (including phenoxy) is 1. The maximum absolute atomic E-state index is 12.1. The fourth-order valence-corrected chi connectivity index (χ4v) is 2.68. The topological polar surface area (TPSA) is 113 Å². The van der Waals surface area contributed by atoms with Crippen LogP contribution in [0.3, 0.4) is 0 Å². The maximum Gasteiger partial charge on any atom is 0.326 e. The van der Waals surface area contributed by atoms with Crippen LogP contribution in [0.1, 0.15) is 12.8 Å². The summed E-state index contributed by atoms with van der Waals surface area (Å²) in [4.78, 5) is 25.2. The number of hydrogen-bond donors (Lipinski definition) is 2. The number of hydrogen-bond acceptors (Lipinski definition) is 5. The predicted molar refractivity (Wildman–Crippen MR) is 82.7 cm³/mol. The second kappa shape index (κ2) is 7.93. The van der Waals surface area contributed by atoms with Crippen LogP contribution < -0.4 is 5.32 Å². The van der Waals surface area contributed by atoms with Crippen LogP contribution in [0.2, 0.25) is 0 Å². The largest absolute Gasteiger partial charge is 0.480 e. The minimum atomic E-state index is -2.27. The van der Waals surface area contributed by atoms with Crippen molar-refractivity contribution in [2.75, 3.05) is 26.3 Å². The van der Waals surface area contributed by atoms with E-state index in [1.54, 1.807) is 12.2 Å². The highest BCUT2D eigenvalue weighted by Gasteiger charge is 2.25. The summed E-state index contributed by atoms with van der Waals surface area (Å²) in [6.45, 7) is 1.72. The Morgan fingerprint density at radius 3 is 2.52 bits per heavy atom. The van der Waals surface area contributed by atoms with Crippen molar-refractivity contribution < 1.29 is 27.9 Å². The molecule has 0 bridgehead atoms. The molecule has 23 heavy (non-hydrogen) atoms. The number of amides is 2. The Bertz CT molecular complexity index is 665. The third-order valence-electron chi connectivity index (χ3n) is 3.60. The minimum Gasteiger partial charge on any atom is -0.480 e. The molecule has 9 heteroatoms. The van der Waals surface area contributed by atoms with Gasteiger partial charge in [0.25, 0.3) is 0 Å². The lowest BCUT2D eigenvalue weighted by molar-refractivity contribution is -0.139. The Morgan fingerprint density at radius 2 is 2.00 bits per heavy atom. The first-order chi connectivity index (χ1) is 11.0. The number of carbonyl (C=O) groups excluding carboxylic acids is 1. The Kier molecular flexibility index (Phi) is 5.94. The highest BCUT2D eigenvalue weighted by Crippen LogP contribution is 2.14. The summed E-state index contributed by atoms with van der Waals surface area (Å²) in [7, 11) is -2.27. The fourth-order valence-electron chi connectivity index (χ4n) is 2.29. The maximum atomic E-state index is 12.1. The number of carbonyl (C=O) groups is 2. The van der Waals surface area contributed by atoms with Crippen molar-refractivity contribution in [1.29, 1.82) is 0 Å². The van der Waals surface area contributed by atoms with Crippen molar-refractivity contribution in [3.05, 3.63) is 23.8 Å². The molecule has 2 rings (SSSR count). The van der Waals surface area contributed by atoms with Crippen LogP contribution in [-0.2, 0) is 19.8 Å². The molecule has 2 amide bonds. The van der Waals surface area contributed by atoms with Gasteiger partial charge in [-0.1, -0.05) is 12.2 Å². The summed E-state index contributed by atoms with van der Waals surface area (Å²) in [5, 5.41) is 11.8. The summed E-state index contributed by atoms with van der Waals surface area (Å²) in [5.41, 5.74) is 0.675. The molecule has 1 fully saturated rings. The molecule has 0 radical (unpaired) electrons. The first-order valence-corrected chi connectivity index (χ1v) is 8.23. The SMILES string of the molecule is O=C(O)[C@H](CC1=CCC(=S(=O)=O)C=C1)NC(=O)N1CCOCC1. The molecular weight excluding hydrogens is 324 g/mol. The molecule has 0 unspecified atom stereocenters. The van der Waals surface area contributed by atoms with Crippen LogP contribution in [0.15, 0.2) is 23.8 Å². The van der Waals surface area contributed by atoms with Gasteiger partial charge in [-0.3, -0.25) is 0 Å². The molecule has 8 nitrogen and oxygen atoms in total. The Balaban J connectivity index is 1.97. The van der Waals surface area contributed by atoms with E-state index in [2.05, 4.69) is 5.32 Å². The molecule has 126 valence electrons. The van der Waals surface area contributed by atoms with E-state index >= 15 is 0 Å². The number of nitrogens with one attached hydrogen (secondary N) is 1. The van der Waals surface area contributed by atoms with Gasteiger partial charge in [0.15, 0.2) is 0 Å². The number of morpholine rings is 1. The number of rotatable bonds is 4. The Hall–Kier alpha value is -2.13. The van der Waals surface area contributed by atoms with Gasteiger partial charge >= 0.3 is 12.0 Å². The number of carboxylic acids is 1. The van der Waals surface area contributed by atoms with Gasteiger partial charge in [-0.05, 0) is 11.6 Å². The van der Waals surface area contributed by atoms with Gasteiger partial charge in [-0.15, -0.1) is 0 Å². The molecule has 0 spiro atoms. The van der Waals surface area contributed by atoms with E-state index in [4.69, 9.17) is 4.74 Å². The van der Waals surface area contributed by atoms with Gasteiger partial charge in [0, 0.05) is 25.9 Å². The van der Waals surface area contributed by atoms with Crippen LogP contribution in [-0.4, -0.2) is 67.6 Å². The molecule has 1 atom stereocenters. The van der Waals surface area contributed by atoms with E-state index in [0.29, 0.717) is 31.9 Å². The van der Waals surface area contributed by atoms with E-state index < -0.39 is 28.3 Å². The molecule has 1 heterocycles. The molecular formula is C14H18N2O6S. The van der Waals surface area contributed by atoms with Crippen LogP contribution in [0.4, 0.5) is 4.79 Å². The third-order valence-corrected chi connectivity index (χ3v) is 4.33. The van der Waals surface area contributed by atoms with E-state index in [0.717, 1.165) is 0 Å². The van der Waals surface area contributed by atoms with Gasteiger partial charge in [0.1, 0.15) is 6.04 Å². The lowest BCUT2D eigenvalue weighted by Gasteiger charge is -2.28. The monoisotopic (exact) mass is 342 g/mol. The second-order valence-corrected chi connectivity index (χ2v) is 6.16. The molecule has 0 saturated carbocycles. The lowest BCUT2D eigenvalue weighted by atomic mass is 10.00. The first-order valence-electron chi connectivity index (χ1n) is 7.15. The molecule has 2 aliphatic rings. The van der Waals surface area contributed by atoms with Gasteiger partial charge < -0.3 is 20.1 Å². The summed E-state index contributed by atoms with van der Waals surface area (Å²) < 4.78 is 26.8. The predicted octanol–water partition coefficient (Wildman–Crippen LogP) is -0.191. The van der Waals surface area contributed by atoms with Crippen molar-refractivity contribution in [3.63, 3.8) is 0 Å². The zero-order valence-corrected chi connectivity index (χ0v) is 13.2. The molecule has 1 aliphatic heterocycles. The Morgan fingerprint density at radius 1 is 1.30 bits per heavy atom. The number of nitrogens with zero attached hydrogens (tertiary/aromatic N) is 1. The van der Waals surface area contributed by atoms with Crippen molar-refractivity contribution in [1.82, 2.24) is 10.2 Å². The quantitative estimate of drug-likeness (QED) is 0.685. The molecule has 0 aromatic heterocycles. The normalized spacial score (nSPS) is 19.0. The number of urea groups is 1. The van der Waals surface area contributed by atoms with Crippen molar-refractivity contribution >= 4 is 27.2 Å². The van der Waals surface area contributed by atoms with E-state index in [-0.39, 0.29) is 17.7 Å². The summed E-state index contributed by atoms with van der Waals surface area (Å²) >= 11 is 0. The number of aliphatic carboxylic acids is 1. The van der Waals surface area contributed by atoms with Crippen LogP contribution in [0.25, 0.3) is 0 Å². The van der Waals surface area contributed by atoms with Gasteiger partial charge in [0.2, 0.25) is 10.3 Å². The summed E-state index contributed by atoms with van der Waals surface area (Å²) in [6, 6.07) is -1.51. The van der Waals surface area contributed by atoms with E-state index in [9.17, 15) is 23.1 Å². The van der Waals surface area contributed by atoms with Crippen LogP contribution >= 0.6 is 0 Å². The van der Waals surface area contributed by atoms with Crippen molar-refractivity contribution in [3.8, 4) is 0 Å². The average molecular weight is 342 g/mol. The highest BCUT2D eigenvalue weighted by atomic mass is 32.2. The summed E-state index contributed by atoms with van der Waals surface area (Å²) in [6.07, 6.45) is 4.99. The lowest BCUT2D eigenvalue weighted by Crippen LogP contribution is -2.51. The zero-order valence-electron chi connectivity index (χ0n) is 12.4. The molecule has 2 N–H and O–H groups in total. The first kappa shape index (κ1) is 17.2. The van der Waals surface area contributed by atoms with Crippen molar-refractivity contribution in [2.45, 2.75) is 18.9 Å².